The zero-order chi connectivity index (χ0) is 11.5. The Hall–Kier alpha value is -1.97. The summed E-state index contributed by atoms with van der Waals surface area (Å²) in [6.45, 7) is 0.0310. The molecule has 0 bridgehead atoms. The Morgan fingerprint density at radius 1 is 1.06 bits per heavy atom. The third-order valence-electron chi connectivity index (χ3n) is 2.25. The average Bonchev–Trinajstić information content (AvgIpc) is 2.27. The summed E-state index contributed by atoms with van der Waals surface area (Å²) in [7, 11) is 0. The third-order valence-corrected chi connectivity index (χ3v) is 2.25. The Balaban J connectivity index is 2.38. The minimum atomic E-state index is -0.518. The van der Waals surface area contributed by atoms with E-state index >= 15 is 0 Å². The second kappa shape index (κ2) is 4.26. The Bertz CT molecular complexity index is 563. The van der Waals surface area contributed by atoms with Gasteiger partial charge in [-0.15, -0.1) is 0 Å². The molecule has 0 spiro atoms. The van der Waals surface area contributed by atoms with Crippen molar-refractivity contribution in [3.05, 3.63) is 70.1 Å². The molecule has 0 N–H and O–H groups in total. The molecule has 0 aliphatic rings. The number of aromatic nitrogens is 1. The highest BCUT2D eigenvalue weighted by Gasteiger charge is 2.03. The first-order valence-electron chi connectivity index (χ1n) is 4.76. The van der Waals surface area contributed by atoms with Gasteiger partial charge in [-0.1, -0.05) is 18.2 Å². The van der Waals surface area contributed by atoms with Crippen LogP contribution in [0.5, 0.6) is 0 Å². The van der Waals surface area contributed by atoms with Crippen LogP contribution in [0.4, 0.5) is 8.78 Å². The Kier molecular flexibility index (Phi) is 2.81. The Morgan fingerprint density at radius 2 is 1.81 bits per heavy atom. The maximum absolute atomic E-state index is 13.3. The van der Waals surface area contributed by atoms with Crippen LogP contribution < -0.4 is 5.56 Å². The van der Waals surface area contributed by atoms with Gasteiger partial charge >= 0.3 is 0 Å². The molecule has 1 aromatic heterocycles. The highest BCUT2D eigenvalue weighted by Crippen LogP contribution is 2.07. The molecule has 0 aliphatic heterocycles. The van der Waals surface area contributed by atoms with E-state index in [2.05, 4.69) is 0 Å². The largest absolute Gasteiger partial charge is 0.308 e. The first-order valence-corrected chi connectivity index (χ1v) is 4.76. The van der Waals surface area contributed by atoms with E-state index in [4.69, 9.17) is 0 Å². The van der Waals surface area contributed by atoms with Crippen molar-refractivity contribution in [1.82, 2.24) is 4.57 Å². The molecule has 2 aromatic rings. The van der Waals surface area contributed by atoms with Crippen LogP contribution in [-0.4, -0.2) is 4.57 Å². The van der Waals surface area contributed by atoms with Crippen LogP contribution in [-0.2, 0) is 6.54 Å². The molecule has 0 aliphatic carbocycles. The lowest BCUT2D eigenvalue weighted by Crippen LogP contribution is -2.19. The van der Waals surface area contributed by atoms with Gasteiger partial charge in [0.15, 0.2) is 0 Å². The molecule has 0 saturated carbocycles. The monoisotopic (exact) mass is 221 g/mol. The minimum Gasteiger partial charge on any atom is -0.308 e. The normalized spacial score (nSPS) is 10.4. The molecule has 0 amide bonds. The molecule has 2 nitrogen and oxygen atoms in total. The molecule has 0 atom stereocenters. The van der Waals surface area contributed by atoms with Crippen LogP contribution in [0, 0.1) is 11.6 Å². The van der Waals surface area contributed by atoms with E-state index in [1.54, 1.807) is 18.2 Å². The fraction of sp³-hybridized carbons (Fsp3) is 0.0833. The first-order chi connectivity index (χ1) is 7.66. The number of nitrogens with zero attached hydrogens (tertiary/aromatic N) is 1. The topological polar surface area (TPSA) is 22.0 Å². The molecule has 1 heterocycles. The predicted octanol–water partition coefficient (Wildman–Crippen LogP) is 2.17. The minimum absolute atomic E-state index is 0.0310. The maximum atomic E-state index is 13.3. The second-order valence-electron chi connectivity index (χ2n) is 3.40. The number of halogens is 2. The number of benzene rings is 1. The van der Waals surface area contributed by atoms with Crippen LogP contribution in [0.15, 0.2) is 47.4 Å². The summed E-state index contributed by atoms with van der Waals surface area (Å²) >= 11 is 0. The smallest absolute Gasteiger partial charge is 0.251 e. The van der Waals surface area contributed by atoms with Crippen molar-refractivity contribution in [2.75, 3.05) is 0 Å². The van der Waals surface area contributed by atoms with Crippen molar-refractivity contribution >= 4 is 0 Å². The lowest BCUT2D eigenvalue weighted by atomic mass is 10.2. The highest BCUT2D eigenvalue weighted by atomic mass is 19.1. The van der Waals surface area contributed by atoms with E-state index in [-0.39, 0.29) is 12.1 Å². The van der Waals surface area contributed by atoms with Crippen molar-refractivity contribution in [3.63, 3.8) is 0 Å². The fourth-order valence-electron chi connectivity index (χ4n) is 1.44. The maximum Gasteiger partial charge on any atom is 0.251 e. The van der Waals surface area contributed by atoms with Gasteiger partial charge in [0, 0.05) is 17.8 Å². The molecule has 2 rings (SSSR count). The van der Waals surface area contributed by atoms with Gasteiger partial charge in [-0.3, -0.25) is 4.79 Å². The second-order valence-corrected chi connectivity index (χ2v) is 3.40. The molecular weight excluding hydrogens is 212 g/mol. The van der Waals surface area contributed by atoms with Gasteiger partial charge in [0.2, 0.25) is 0 Å². The van der Waals surface area contributed by atoms with Crippen molar-refractivity contribution < 1.29 is 8.78 Å². The lowest BCUT2D eigenvalue weighted by molar-refractivity contribution is 0.575. The standard InChI is InChI=1S/C12H9F2NO/c13-10-5-6-12(16)15(8-10)7-9-3-1-2-4-11(9)14/h1-6,8H,7H2. The predicted molar refractivity (Wildman–Crippen MR) is 56.2 cm³/mol. The number of rotatable bonds is 2. The van der Waals surface area contributed by atoms with E-state index in [1.807, 2.05) is 0 Å². The molecule has 0 fully saturated rings. The Morgan fingerprint density at radius 3 is 2.56 bits per heavy atom. The average molecular weight is 221 g/mol. The molecule has 0 radical (unpaired) electrons. The molecule has 82 valence electrons. The quantitative estimate of drug-likeness (QED) is 0.761. The highest BCUT2D eigenvalue weighted by molar-refractivity contribution is 5.18. The summed E-state index contributed by atoms with van der Waals surface area (Å²) in [6.07, 6.45) is 1.06. The van der Waals surface area contributed by atoms with Crippen LogP contribution in [0.3, 0.4) is 0 Å². The molecule has 0 saturated heterocycles. The van der Waals surface area contributed by atoms with E-state index in [9.17, 15) is 13.6 Å². The van der Waals surface area contributed by atoms with Crippen molar-refractivity contribution in [2.24, 2.45) is 0 Å². The van der Waals surface area contributed by atoms with E-state index in [1.165, 1.54) is 6.07 Å². The SMILES string of the molecule is O=c1ccc(F)cn1Cc1ccccc1F. The molecule has 0 unspecified atom stereocenters. The van der Waals surface area contributed by atoms with Gasteiger partial charge < -0.3 is 4.57 Å². The number of pyridine rings is 1. The summed E-state index contributed by atoms with van der Waals surface area (Å²) in [5.41, 5.74) is -0.000136. The van der Waals surface area contributed by atoms with Crippen LogP contribution in [0.1, 0.15) is 5.56 Å². The van der Waals surface area contributed by atoms with Gasteiger partial charge in [0.1, 0.15) is 11.6 Å². The van der Waals surface area contributed by atoms with Crippen LogP contribution >= 0.6 is 0 Å². The summed E-state index contributed by atoms with van der Waals surface area (Å²) in [6, 6.07) is 8.30. The fourth-order valence-corrected chi connectivity index (χ4v) is 1.44. The summed E-state index contributed by atoms with van der Waals surface area (Å²) in [4.78, 5) is 11.4. The number of hydrogen-bond acceptors (Lipinski definition) is 1. The van der Waals surface area contributed by atoms with Gasteiger partial charge in [0.05, 0.1) is 6.54 Å². The van der Waals surface area contributed by atoms with Gasteiger partial charge in [0.25, 0.3) is 5.56 Å². The van der Waals surface area contributed by atoms with Gasteiger partial charge in [-0.05, 0) is 12.1 Å². The van der Waals surface area contributed by atoms with Crippen LogP contribution in [0.25, 0.3) is 0 Å². The van der Waals surface area contributed by atoms with E-state index in [0.717, 1.165) is 22.9 Å². The summed E-state index contributed by atoms with van der Waals surface area (Å²) in [5.74, 6) is -0.922. The van der Waals surface area contributed by atoms with Gasteiger partial charge in [-0.2, -0.15) is 0 Å². The van der Waals surface area contributed by atoms with Gasteiger partial charge in [-0.25, -0.2) is 8.78 Å². The third kappa shape index (κ3) is 2.16. The number of hydrogen-bond donors (Lipinski definition) is 0. The van der Waals surface area contributed by atoms with Crippen molar-refractivity contribution in [3.8, 4) is 0 Å². The molecule has 1 aromatic carbocycles. The van der Waals surface area contributed by atoms with E-state index in [0.29, 0.717) is 5.56 Å². The molecule has 4 heteroatoms. The zero-order valence-corrected chi connectivity index (χ0v) is 8.36. The molecule has 16 heavy (non-hydrogen) atoms. The Labute approximate surface area is 90.8 Å². The lowest BCUT2D eigenvalue weighted by Gasteiger charge is -2.06. The van der Waals surface area contributed by atoms with Crippen molar-refractivity contribution in [1.29, 1.82) is 0 Å². The van der Waals surface area contributed by atoms with Crippen molar-refractivity contribution in [2.45, 2.75) is 6.54 Å². The zero-order valence-electron chi connectivity index (χ0n) is 8.36. The summed E-state index contributed by atoms with van der Waals surface area (Å²) < 4.78 is 27.3. The summed E-state index contributed by atoms with van der Waals surface area (Å²) in [5, 5.41) is 0. The van der Waals surface area contributed by atoms with Crippen LogP contribution in [0.2, 0.25) is 0 Å². The molecular formula is C12H9F2NO. The first kappa shape index (κ1) is 10.5. The van der Waals surface area contributed by atoms with E-state index < -0.39 is 11.6 Å².